The second-order valence-corrected chi connectivity index (χ2v) is 9.49. The molecule has 0 N–H and O–H groups in total. The van der Waals surface area contributed by atoms with Crippen molar-refractivity contribution in [2.45, 2.75) is 41.0 Å². The van der Waals surface area contributed by atoms with Crippen LogP contribution in [0, 0.1) is 25.7 Å². The van der Waals surface area contributed by atoms with Gasteiger partial charge in [0.15, 0.2) is 0 Å². The van der Waals surface area contributed by atoms with E-state index < -0.39 is 0 Å². The Morgan fingerprint density at radius 3 is 2.41 bits per heavy atom. The summed E-state index contributed by atoms with van der Waals surface area (Å²) in [5.74, 6) is 1.90. The summed E-state index contributed by atoms with van der Waals surface area (Å²) >= 11 is 0. The molecule has 1 fully saturated rings. The molecule has 0 radical (unpaired) electrons. The van der Waals surface area contributed by atoms with Crippen molar-refractivity contribution < 1.29 is 13.9 Å². The van der Waals surface area contributed by atoms with Crippen LogP contribution < -0.4 is 4.74 Å². The molecule has 1 amide bonds. The van der Waals surface area contributed by atoms with E-state index in [1.807, 2.05) is 25.0 Å². The minimum atomic E-state index is 0.0756. The van der Waals surface area contributed by atoms with Gasteiger partial charge < -0.3 is 14.1 Å². The van der Waals surface area contributed by atoms with Gasteiger partial charge in [-0.05, 0) is 56.2 Å². The molecule has 1 saturated heterocycles. The Morgan fingerprint density at radius 1 is 1.12 bits per heavy atom. The van der Waals surface area contributed by atoms with Gasteiger partial charge in [-0.2, -0.15) is 0 Å². The Morgan fingerprint density at radius 2 is 1.78 bits per heavy atom. The number of carbonyl (C=O) groups is 1. The largest absolute Gasteiger partial charge is 0.496 e. The van der Waals surface area contributed by atoms with Gasteiger partial charge in [-0.3, -0.25) is 4.79 Å². The number of amides is 1. The molecule has 0 bridgehead atoms. The van der Waals surface area contributed by atoms with Crippen molar-refractivity contribution in [1.29, 1.82) is 0 Å². The fraction of sp³-hybridized carbons (Fsp3) is 0.393. The molecule has 1 aromatic heterocycles. The first-order valence-corrected chi connectivity index (χ1v) is 11.4. The number of carbonyl (C=O) groups excluding carboxylic acids is 1. The van der Waals surface area contributed by atoms with Gasteiger partial charge in [-0.1, -0.05) is 43.7 Å². The van der Waals surface area contributed by atoms with Gasteiger partial charge in [0.2, 0.25) is 5.91 Å². The van der Waals surface area contributed by atoms with Crippen LogP contribution in [0.4, 0.5) is 0 Å². The van der Waals surface area contributed by atoms with Gasteiger partial charge in [0.05, 0.1) is 13.4 Å². The first-order valence-electron chi connectivity index (χ1n) is 11.4. The number of likely N-dealkylation sites (tertiary alicyclic amines) is 1. The first kappa shape index (κ1) is 22.2. The van der Waals surface area contributed by atoms with Gasteiger partial charge in [-0.25, -0.2) is 0 Å². The number of hydrogen-bond donors (Lipinski definition) is 0. The average Bonchev–Trinajstić information content (AvgIpc) is 3.17. The Bertz CT molecular complexity index is 1160. The molecule has 2 unspecified atom stereocenters. The molecular formula is C28H33NO3. The van der Waals surface area contributed by atoms with Crippen LogP contribution in [0.15, 0.2) is 47.1 Å². The second kappa shape index (κ2) is 8.85. The van der Waals surface area contributed by atoms with Crippen LogP contribution in [-0.4, -0.2) is 31.0 Å². The number of furan rings is 1. The average molecular weight is 432 g/mol. The molecule has 1 aliphatic rings. The molecule has 2 heterocycles. The molecule has 2 aromatic carbocycles. The summed E-state index contributed by atoms with van der Waals surface area (Å²) in [4.78, 5) is 15.1. The van der Waals surface area contributed by atoms with Crippen molar-refractivity contribution in [3.05, 3.63) is 59.4 Å². The van der Waals surface area contributed by atoms with Crippen LogP contribution in [0.1, 0.15) is 43.9 Å². The van der Waals surface area contributed by atoms with Crippen molar-refractivity contribution in [2.75, 3.05) is 20.2 Å². The maximum atomic E-state index is 13.1. The lowest BCUT2D eigenvalue weighted by molar-refractivity contribution is -0.128. The lowest BCUT2D eigenvalue weighted by Gasteiger charge is -2.34. The fourth-order valence-corrected chi connectivity index (χ4v) is 5.03. The number of nitrogens with zero attached hydrogens (tertiary/aromatic N) is 1. The molecule has 0 saturated carbocycles. The third-order valence-corrected chi connectivity index (χ3v) is 6.56. The van der Waals surface area contributed by atoms with Crippen molar-refractivity contribution in [3.63, 3.8) is 0 Å². The summed E-state index contributed by atoms with van der Waals surface area (Å²) in [5.41, 5.74) is 6.97. The summed E-state index contributed by atoms with van der Waals surface area (Å²) < 4.78 is 11.7. The van der Waals surface area contributed by atoms with Crippen molar-refractivity contribution in [2.24, 2.45) is 11.8 Å². The molecule has 1 aliphatic heterocycles. The van der Waals surface area contributed by atoms with Gasteiger partial charge >= 0.3 is 0 Å². The first-order chi connectivity index (χ1) is 15.3. The monoisotopic (exact) mass is 431 g/mol. The lowest BCUT2D eigenvalue weighted by Crippen LogP contribution is -2.41. The van der Waals surface area contributed by atoms with E-state index in [1.165, 1.54) is 12.0 Å². The maximum absolute atomic E-state index is 13.1. The molecular weight excluding hydrogens is 398 g/mol. The van der Waals surface area contributed by atoms with Crippen molar-refractivity contribution in [1.82, 2.24) is 4.90 Å². The number of hydrogen-bond acceptors (Lipinski definition) is 3. The number of allylic oxidation sites excluding steroid dienone is 1. The third-order valence-electron chi connectivity index (χ3n) is 6.56. The highest BCUT2D eigenvalue weighted by molar-refractivity contribution is 6.01. The van der Waals surface area contributed by atoms with Gasteiger partial charge in [-0.15, -0.1) is 0 Å². The second-order valence-electron chi connectivity index (χ2n) is 9.49. The van der Waals surface area contributed by atoms with E-state index in [0.29, 0.717) is 11.8 Å². The standard InChI is InChI=1S/C28H33NO3/c1-17-7-9-22(10-8-17)25-16-32-28-21(5)27(31-6)23(13-24(25)28)20(4)12-26(30)29-14-18(2)11-19(3)15-29/h7-10,12-13,16,18-19H,11,14-15H2,1-6H3/b20-12+. The normalized spacial score (nSPS) is 19.4. The summed E-state index contributed by atoms with van der Waals surface area (Å²) in [6.45, 7) is 12.2. The lowest BCUT2D eigenvalue weighted by atomic mass is 9.91. The minimum absolute atomic E-state index is 0.0756. The van der Waals surface area contributed by atoms with E-state index in [-0.39, 0.29) is 5.91 Å². The highest BCUT2D eigenvalue weighted by Crippen LogP contribution is 2.40. The predicted molar refractivity (Wildman–Crippen MR) is 131 cm³/mol. The molecule has 0 aliphatic carbocycles. The van der Waals surface area contributed by atoms with Gasteiger partial charge in [0.25, 0.3) is 0 Å². The van der Waals surface area contributed by atoms with Crippen LogP contribution in [-0.2, 0) is 4.79 Å². The van der Waals surface area contributed by atoms with Gasteiger partial charge in [0, 0.05) is 41.2 Å². The zero-order valence-electron chi connectivity index (χ0n) is 20.0. The molecule has 32 heavy (non-hydrogen) atoms. The SMILES string of the molecule is COc1c(/C(C)=C/C(=O)N2CC(C)CC(C)C2)cc2c(-c3ccc(C)cc3)coc2c1C. The molecule has 4 rings (SSSR count). The Balaban J connectivity index is 1.77. The zero-order chi connectivity index (χ0) is 23.0. The Labute approximate surface area is 190 Å². The van der Waals surface area contributed by atoms with Crippen molar-refractivity contribution in [3.8, 4) is 16.9 Å². The highest BCUT2D eigenvalue weighted by Gasteiger charge is 2.25. The molecule has 2 atom stereocenters. The molecule has 3 aromatic rings. The number of aryl methyl sites for hydroxylation is 2. The van der Waals surface area contributed by atoms with E-state index in [9.17, 15) is 4.79 Å². The number of benzene rings is 2. The summed E-state index contributed by atoms with van der Waals surface area (Å²) in [6.07, 6.45) is 4.75. The van der Waals surface area contributed by atoms with Crippen LogP contribution in [0.3, 0.4) is 0 Å². The van der Waals surface area contributed by atoms with Crippen LogP contribution in [0.2, 0.25) is 0 Å². The van der Waals surface area contributed by atoms with E-state index in [2.05, 4.69) is 51.1 Å². The summed E-state index contributed by atoms with van der Waals surface area (Å²) in [6, 6.07) is 10.5. The van der Waals surface area contributed by atoms with Crippen LogP contribution in [0.5, 0.6) is 5.75 Å². The summed E-state index contributed by atoms with van der Waals surface area (Å²) in [7, 11) is 1.67. The maximum Gasteiger partial charge on any atom is 0.246 e. The summed E-state index contributed by atoms with van der Waals surface area (Å²) in [5, 5.41) is 1.03. The molecule has 4 heteroatoms. The highest BCUT2D eigenvalue weighted by atomic mass is 16.5. The van der Waals surface area contributed by atoms with Crippen LogP contribution in [0.25, 0.3) is 27.7 Å². The number of rotatable bonds is 4. The Kier molecular flexibility index (Phi) is 6.14. The molecule has 4 nitrogen and oxygen atoms in total. The van der Waals surface area contributed by atoms with E-state index in [1.54, 1.807) is 13.2 Å². The minimum Gasteiger partial charge on any atom is -0.496 e. The topological polar surface area (TPSA) is 42.7 Å². The van der Waals surface area contributed by atoms with E-state index in [4.69, 9.17) is 9.15 Å². The van der Waals surface area contributed by atoms with Crippen molar-refractivity contribution >= 4 is 22.4 Å². The van der Waals surface area contributed by atoms with Gasteiger partial charge in [0.1, 0.15) is 11.3 Å². The third kappa shape index (κ3) is 4.19. The zero-order valence-corrected chi connectivity index (χ0v) is 20.0. The molecule has 0 spiro atoms. The fourth-order valence-electron chi connectivity index (χ4n) is 5.03. The van der Waals surface area contributed by atoms with E-state index in [0.717, 1.165) is 57.6 Å². The predicted octanol–water partition coefficient (Wildman–Crippen LogP) is 6.63. The number of methoxy groups -OCH3 is 1. The number of fused-ring (bicyclic) bond motifs is 1. The number of piperidine rings is 1. The van der Waals surface area contributed by atoms with E-state index >= 15 is 0 Å². The number of ether oxygens (including phenoxy) is 1. The smallest absolute Gasteiger partial charge is 0.246 e. The van der Waals surface area contributed by atoms with Crippen LogP contribution >= 0.6 is 0 Å². The quantitative estimate of drug-likeness (QED) is 0.435. The Hall–Kier alpha value is -3.01. The molecule has 168 valence electrons.